The van der Waals surface area contributed by atoms with Crippen LogP contribution in [0.1, 0.15) is 32.6 Å². The van der Waals surface area contributed by atoms with E-state index in [1.807, 2.05) is 18.2 Å². The summed E-state index contributed by atoms with van der Waals surface area (Å²) in [7, 11) is 1.68. The lowest BCUT2D eigenvalue weighted by molar-refractivity contribution is 0.415. The van der Waals surface area contributed by atoms with Gasteiger partial charge in [-0.15, -0.1) is 0 Å². The van der Waals surface area contributed by atoms with Gasteiger partial charge in [-0.1, -0.05) is 37.9 Å². The minimum absolute atomic E-state index is 0.858. The number of aromatic amines is 1. The molecule has 2 rings (SSSR count). The molecule has 116 valence electrons. The van der Waals surface area contributed by atoms with Gasteiger partial charge in [-0.05, 0) is 25.1 Å². The molecule has 0 aliphatic carbocycles. The van der Waals surface area contributed by atoms with E-state index in [2.05, 4.69) is 22.2 Å². The molecule has 2 N–H and O–H groups in total. The first-order valence-corrected chi connectivity index (χ1v) is 8.69. The molecule has 0 unspecified atom stereocenters. The van der Waals surface area contributed by atoms with Gasteiger partial charge < -0.3 is 15.0 Å². The van der Waals surface area contributed by atoms with E-state index in [0.29, 0.717) is 0 Å². The number of thioether (sulfide) groups is 1. The largest absolute Gasteiger partial charge is 0.497 e. The SMILES string of the molecule is CCCCCCNCCSc1nc2ccc(OC)cc2[nH]1. The molecule has 2 aromatic rings. The maximum absolute atomic E-state index is 5.22. The van der Waals surface area contributed by atoms with E-state index >= 15 is 0 Å². The Balaban J connectivity index is 1.69. The standard InChI is InChI=1S/C16H25N3OS/c1-3-4-5-6-9-17-10-11-21-16-18-14-8-7-13(20-2)12-15(14)19-16/h7-8,12,17H,3-6,9-11H2,1-2H3,(H,18,19). The third-order valence-electron chi connectivity index (χ3n) is 3.39. The van der Waals surface area contributed by atoms with Crippen LogP contribution in [0.25, 0.3) is 11.0 Å². The van der Waals surface area contributed by atoms with Crippen LogP contribution < -0.4 is 10.1 Å². The number of unbranched alkanes of at least 4 members (excludes halogenated alkanes) is 3. The molecule has 0 amide bonds. The number of rotatable bonds is 10. The molecule has 0 atom stereocenters. The van der Waals surface area contributed by atoms with Crippen LogP contribution in [0, 0.1) is 0 Å². The lowest BCUT2D eigenvalue weighted by Crippen LogP contribution is -2.18. The molecule has 21 heavy (non-hydrogen) atoms. The first kappa shape index (κ1) is 16.2. The highest BCUT2D eigenvalue weighted by molar-refractivity contribution is 7.99. The van der Waals surface area contributed by atoms with Crippen molar-refractivity contribution in [3.8, 4) is 5.75 Å². The monoisotopic (exact) mass is 307 g/mol. The maximum atomic E-state index is 5.22. The molecular weight excluding hydrogens is 282 g/mol. The highest BCUT2D eigenvalue weighted by Crippen LogP contribution is 2.22. The average Bonchev–Trinajstić information content (AvgIpc) is 2.91. The molecule has 4 nitrogen and oxygen atoms in total. The molecule has 0 radical (unpaired) electrons. The Morgan fingerprint density at radius 2 is 2.14 bits per heavy atom. The molecular formula is C16H25N3OS. The summed E-state index contributed by atoms with van der Waals surface area (Å²) in [6.45, 7) is 4.39. The number of fused-ring (bicyclic) bond motifs is 1. The Morgan fingerprint density at radius 1 is 1.24 bits per heavy atom. The second-order valence-corrected chi connectivity index (χ2v) is 6.17. The fraction of sp³-hybridized carbons (Fsp3) is 0.562. The molecule has 0 spiro atoms. The number of imidazole rings is 1. The maximum Gasteiger partial charge on any atom is 0.166 e. The quantitative estimate of drug-likeness (QED) is 0.517. The first-order valence-electron chi connectivity index (χ1n) is 7.70. The van der Waals surface area contributed by atoms with E-state index in [9.17, 15) is 0 Å². The van der Waals surface area contributed by atoms with Gasteiger partial charge in [0.2, 0.25) is 0 Å². The average molecular weight is 307 g/mol. The summed E-state index contributed by atoms with van der Waals surface area (Å²) < 4.78 is 5.22. The number of nitrogens with one attached hydrogen (secondary N) is 2. The van der Waals surface area contributed by atoms with Crippen LogP contribution in [0.15, 0.2) is 23.4 Å². The van der Waals surface area contributed by atoms with E-state index in [0.717, 1.165) is 40.8 Å². The number of aromatic nitrogens is 2. The minimum atomic E-state index is 0.858. The van der Waals surface area contributed by atoms with Gasteiger partial charge in [0.25, 0.3) is 0 Å². The van der Waals surface area contributed by atoms with Gasteiger partial charge in [0.1, 0.15) is 5.75 Å². The van der Waals surface area contributed by atoms with Crippen molar-refractivity contribution in [2.45, 2.75) is 37.8 Å². The first-order chi connectivity index (χ1) is 10.3. The summed E-state index contributed by atoms with van der Waals surface area (Å²) in [5.41, 5.74) is 2.02. The van der Waals surface area contributed by atoms with Crippen LogP contribution in [-0.2, 0) is 0 Å². The highest BCUT2D eigenvalue weighted by Gasteiger charge is 2.04. The summed E-state index contributed by atoms with van der Waals surface area (Å²) in [6.07, 6.45) is 5.26. The van der Waals surface area contributed by atoms with Crippen molar-refractivity contribution in [2.75, 3.05) is 26.0 Å². The zero-order valence-corrected chi connectivity index (χ0v) is 13.8. The predicted octanol–water partition coefficient (Wildman–Crippen LogP) is 3.83. The zero-order valence-electron chi connectivity index (χ0n) is 12.9. The number of hydrogen-bond acceptors (Lipinski definition) is 4. The smallest absolute Gasteiger partial charge is 0.166 e. The van der Waals surface area contributed by atoms with Crippen LogP contribution in [0.5, 0.6) is 5.75 Å². The second kappa shape index (κ2) is 8.95. The molecule has 0 saturated heterocycles. The Bertz CT molecular complexity index is 541. The van der Waals surface area contributed by atoms with Gasteiger partial charge in [0.05, 0.1) is 18.1 Å². The van der Waals surface area contributed by atoms with E-state index in [1.165, 1.54) is 25.7 Å². The van der Waals surface area contributed by atoms with Crippen LogP contribution in [0.4, 0.5) is 0 Å². The fourth-order valence-corrected chi connectivity index (χ4v) is 2.97. The summed E-state index contributed by atoms with van der Waals surface area (Å²) >= 11 is 1.76. The molecule has 0 saturated carbocycles. The number of H-pyrrole nitrogens is 1. The lowest BCUT2D eigenvalue weighted by atomic mass is 10.2. The third kappa shape index (κ3) is 5.25. The highest BCUT2D eigenvalue weighted by atomic mass is 32.2. The van der Waals surface area contributed by atoms with Crippen molar-refractivity contribution in [3.63, 3.8) is 0 Å². The molecule has 0 aliphatic rings. The van der Waals surface area contributed by atoms with Crippen molar-refractivity contribution >= 4 is 22.8 Å². The van der Waals surface area contributed by atoms with Crippen LogP contribution in [0.3, 0.4) is 0 Å². The van der Waals surface area contributed by atoms with Crippen LogP contribution in [-0.4, -0.2) is 35.9 Å². The minimum Gasteiger partial charge on any atom is -0.497 e. The van der Waals surface area contributed by atoms with Crippen molar-refractivity contribution < 1.29 is 4.74 Å². The Kier molecular flexibility index (Phi) is 6.89. The topological polar surface area (TPSA) is 49.9 Å². The summed E-state index contributed by atoms with van der Waals surface area (Å²) in [4.78, 5) is 7.90. The normalized spacial score (nSPS) is 11.1. The molecule has 0 fully saturated rings. The molecule has 0 bridgehead atoms. The van der Waals surface area contributed by atoms with E-state index in [1.54, 1.807) is 18.9 Å². The van der Waals surface area contributed by atoms with E-state index < -0.39 is 0 Å². The van der Waals surface area contributed by atoms with Crippen LogP contribution >= 0.6 is 11.8 Å². The molecule has 1 aromatic carbocycles. The predicted molar refractivity (Wildman–Crippen MR) is 90.4 cm³/mol. The number of ether oxygens (including phenoxy) is 1. The summed E-state index contributed by atoms with van der Waals surface area (Å²) in [5.74, 6) is 1.89. The Hall–Kier alpha value is -1.20. The number of benzene rings is 1. The number of hydrogen-bond donors (Lipinski definition) is 2. The molecule has 0 aliphatic heterocycles. The third-order valence-corrected chi connectivity index (χ3v) is 4.27. The van der Waals surface area contributed by atoms with Crippen molar-refractivity contribution in [2.24, 2.45) is 0 Å². The molecule has 1 aromatic heterocycles. The van der Waals surface area contributed by atoms with Gasteiger partial charge in [0, 0.05) is 18.4 Å². The van der Waals surface area contributed by atoms with E-state index in [-0.39, 0.29) is 0 Å². The van der Waals surface area contributed by atoms with Gasteiger partial charge in [-0.25, -0.2) is 4.98 Å². The van der Waals surface area contributed by atoms with Gasteiger partial charge in [-0.3, -0.25) is 0 Å². The number of nitrogens with zero attached hydrogens (tertiary/aromatic N) is 1. The molecule has 5 heteroatoms. The van der Waals surface area contributed by atoms with Crippen molar-refractivity contribution in [1.82, 2.24) is 15.3 Å². The van der Waals surface area contributed by atoms with Gasteiger partial charge in [-0.2, -0.15) is 0 Å². The van der Waals surface area contributed by atoms with Crippen LogP contribution in [0.2, 0.25) is 0 Å². The van der Waals surface area contributed by atoms with E-state index in [4.69, 9.17) is 4.74 Å². The van der Waals surface area contributed by atoms with Gasteiger partial charge in [0.15, 0.2) is 5.16 Å². The Labute approximate surface area is 131 Å². The lowest BCUT2D eigenvalue weighted by Gasteiger charge is -2.03. The second-order valence-electron chi connectivity index (χ2n) is 5.08. The number of methoxy groups -OCH3 is 1. The fourth-order valence-electron chi connectivity index (χ4n) is 2.18. The summed E-state index contributed by atoms with van der Waals surface area (Å²) in [6, 6.07) is 5.91. The van der Waals surface area contributed by atoms with Crippen molar-refractivity contribution in [1.29, 1.82) is 0 Å². The summed E-state index contributed by atoms with van der Waals surface area (Å²) in [5, 5.41) is 4.46. The van der Waals surface area contributed by atoms with Gasteiger partial charge >= 0.3 is 0 Å². The Morgan fingerprint density at radius 3 is 2.95 bits per heavy atom. The molecule has 1 heterocycles. The zero-order chi connectivity index (χ0) is 14.9. The van der Waals surface area contributed by atoms with Crippen molar-refractivity contribution in [3.05, 3.63) is 18.2 Å².